The van der Waals surface area contributed by atoms with Gasteiger partial charge in [-0.3, -0.25) is 0 Å². The van der Waals surface area contributed by atoms with Crippen LogP contribution in [0.5, 0.6) is 0 Å². The summed E-state index contributed by atoms with van der Waals surface area (Å²) in [4.78, 5) is 8.27. The van der Waals surface area contributed by atoms with E-state index in [1.807, 2.05) is 0 Å². The van der Waals surface area contributed by atoms with Crippen molar-refractivity contribution in [2.24, 2.45) is 0 Å². The first-order valence-corrected chi connectivity index (χ1v) is 5.45. The van der Waals surface area contributed by atoms with Crippen molar-refractivity contribution in [2.75, 3.05) is 0 Å². The molecule has 0 amide bonds. The van der Waals surface area contributed by atoms with E-state index >= 15 is 0 Å². The number of halogens is 1. The minimum Gasteiger partial charge on any atom is -0.219 e. The van der Waals surface area contributed by atoms with Gasteiger partial charge in [0.15, 0.2) is 5.82 Å². The maximum absolute atomic E-state index is 5.72. The number of aromatic nitrogens is 4. The molecule has 74 valence electrons. The van der Waals surface area contributed by atoms with Crippen molar-refractivity contribution in [3.8, 4) is 5.13 Å². The first kappa shape index (κ1) is 9.61. The monoisotopic (exact) mass is 228 g/mol. The molecule has 0 fully saturated rings. The minimum atomic E-state index is 0.326. The van der Waals surface area contributed by atoms with Gasteiger partial charge in [0.25, 0.3) is 0 Å². The Morgan fingerprint density at radius 3 is 2.79 bits per heavy atom. The van der Waals surface area contributed by atoms with Crippen LogP contribution in [0.2, 0.25) is 5.15 Å². The zero-order valence-corrected chi connectivity index (χ0v) is 9.38. The van der Waals surface area contributed by atoms with Crippen LogP contribution in [-0.2, 0) is 0 Å². The Balaban J connectivity index is 2.33. The molecule has 0 aromatic carbocycles. The molecule has 6 heteroatoms. The molecule has 0 saturated carbocycles. The summed E-state index contributed by atoms with van der Waals surface area (Å²) in [7, 11) is 0. The molecule has 0 radical (unpaired) electrons. The summed E-state index contributed by atoms with van der Waals surface area (Å²) < 4.78 is 1.64. The van der Waals surface area contributed by atoms with Crippen molar-refractivity contribution in [3.63, 3.8) is 0 Å². The molecule has 0 aliphatic carbocycles. The quantitative estimate of drug-likeness (QED) is 0.793. The van der Waals surface area contributed by atoms with Crippen LogP contribution >= 0.6 is 22.9 Å². The van der Waals surface area contributed by atoms with Crippen LogP contribution in [0.4, 0.5) is 0 Å². The maximum atomic E-state index is 5.72. The SMILES string of the molecule is CC(C)c1ncn(-c2nc(Cl)cs2)n1. The van der Waals surface area contributed by atoms with Gasteiger partial charge >= 0.3 is 0 Å². The third kappa shape index (κ3) is 1.78. The van der Waals surface area contributed by atoms with E-state index in [4.69, 9.17) is 11.6 Å². The molecular formula is C8H9ClN4S. The third-order valence-corrected chi connectivity index (χ3v) is 2.84. The average Bonchev–Trinajstić information content (AvgIpc) is 2.70. The van der Waals surface area contributed by atoms with Gasteiger partial charge in [-0.05, 0) is 0 Å². The van der Waals surface area contributed by atoms with Gasteiger partial charge < -0.3 is 0 Å². The van der Waals surface area contributed by atoms with Gasteiger partial charge in [0, 0.05) is 11.3 Å². The van der Waals surface area contributed by atoms with E-state index in [-0.39, 0.29) is 0 Å². The van der Waals surface area contributed by atoms with Crippen LogP contribution in [0.25, 0.3) is 5.13 Å². The third-order valence-electron chi connectivity index (χ3n) is 1.69. The van der Waals surface area contributed by atoms with E-state index in [0.29, 0.717) is 11.1 Å². The van der Waals surface area contributed by atoms with Gasteiger partial charge in [-0.15, -0.1) is 16.4 Å². The molecule has 14 heavy (non-hydrogen) atoms. The number of hydrogen-bond acceptors (Lipinski definition) is 4. The fourth-order valence-electron chi connectivity index (χ4n) is 0.983. The molecule has 0 N–H and O–H groups in total. The highest BCUT2D eigenvalue weighted by Gasteiger charge is 2.08. The van der Waals surface area contributed by atoms with Gasteiger partial charge in [0.05, 0.1) is 0 Å². The molecule has 0 spiro atoms. The van der Waals surface area contributed by atoms with E-state index in [1.54, 1.807) is 16.4 Å². The second kappa shape index (κ2) is 3.67. The van der Waals surface area contributed by atoms with E-state index in [2.05, 4.69) is 28.9 Å². The van der Waals surface area contributed by atoms with E-state index in [1.165, 1.54) is 11.3 Å². The lowest BCUT2D eigenvalue weighted by Gasteiger charge is -1.95. The number of nitrogens with zero attached hydrogens (tertiary/aromatic N) is 4. The predicted octanol–water partition coefficient (Wildman–Crippen LogP) is 2.50. The van der Waals surface area contributed by atoms with Crippen molar-refractivity contribution >= 4 is 22.9 Å². The van der Waals surface area contributed by atoms with Crippen LogP contribution in [0.3, 0.4) is 0 Å². The fraction of sp³-hybridized carbons (Fsp3) is 0.375. The topological polar surface area (TPSA) is 43.6 Å². The molecule has 2 rings (SSSR count). The van der Waals surface area contributed by atoms with Crippen molar-refractivity contribution in [2.45, 2.75) is 19.8 Å². The number of thiazole rings is 1. The Kier molecular flexibility index (Phi) is 2.52. The average molecular weight is 229 g/mol. The summed E-state index contributed by atoms with van der Waals surface area (Å²) in [5.74, 6) is 1.14. The van der Waals surface area contributed by atoms with Gasteiger partial charge in [-0.1, -0.05) is 25.4 Å². The largest absolute Gasteiger partial charge is 0.219 e. The van der Waals surface area contributed by atoms with Crippen LogP contribution < -0.4 is 0 Å². The van der Waals surface area contributed by atoms with Crippen molar-refractivity contribution in [1.82, 2.24) is 19.7 Å². The van der Waals surface area contributed by atoms with Gasteiger partial charge in [0.1, 0.15) is 11.5 Å². The second-order valence-electron chi connectivity index (χ2n) is 3.15. The Hall–Kier alpha value is -0.940. The first-order valence-electron chi connectivity index (χ1n) is 4.20. The molecule has 0 unspecified atom stereocenters. The highest BCUT2D eigenvalue weighted by atomic mass is 35.5. The summed E-state index contributed by atoms with van der Waals surface area (Å²) in [5.41, 5.74) is 0. The van der Waals surface area contributed by atoms with Crippen LogP contribution in [-0.4, -0.2) is 19.7 Å². The lowest BCUT2D eigenvalue weighted by molar-refractivity contribution is 0.752. The molecule has 0 aliphatic rings. The minimum absolute atomic E-state index is 0.326. The molecule has 0 atom stereocenters. The van der Waals surface area contributed by atoms with Gasteiger partial charge in [-0.2, -0.15) is 4.68 Å². The van der Waals surface area contributed by atoms with Crippen LogP contribution in [0, 0.1) is 0 Å². The van der Waals surface area contributed by atoms with E-state index in [9.17, 15) is 0 Å². The lowest BCUT2D eigenvalue weighted by Crippen LogP contribution is -1.96. The Morgan fingerprint density at radius 2 is 2.29 bits per heavy atom. The highest BCUT2D eigenvalue weighted by Crippen LogP contribution is 2.18. The second-order valence-corrected chi connectivity index (χ2v) is 4.38. The molecule has 2 aromatic heterocycles. The summed E-state index contributed by atoms with van der Waals surface area (Å²) in [6.45, 7) is 4.10. The van der Waals surface area contributed by atoms with Crippen molar-refractivity contribution < 1.29 is 0 Å². The standard InChI is InChI=1S/C8H9ClN4S/c1-5(2)7-10-4-13(12-7)8-11-6(9)3-14-8/h3-5H,1-2H3. The predicted molar refractivity (Wildman–Crippen MR) is 56.1 cm³/mol. The molecule has 2 aromatic rings. The summed E-state index contributed by atoms with van der Waals surface area (Å²) in [6, 6.07) is 0. The lowest BCUT2D eigenvalue weighted by atomic mass is 10.2. The van der Waals surface area contributed by atoms with Crippen molar-refractivity contribution in [1.29, 1.82) is 0 Å². The molecule has 4 nitrogen and oxygen atoms in total. The fourth-order valence-corrected chi connectivity index (χ4v) is 1.85. The summed E-state index contributed by atoms with van der Waals surface area (Å²) in [6.07, 6.45) is 1.66. The van der Waals surface area contributed by atoms with Crippen LogP contribution in [0.15, 0.2) is 11.7 Å². The zero-order valence-electron chi connectivity index (χ0n) is 7.81. The molecule has 0 aliphatic heterocycles. The molecule has 0 bridgehead atoms. The van der Waals surface area contributed by atoms with Crippen LogP contribution in [0.1, 0.15) is 25.6 Å². The Labute approximate surface area is 90.6 Å². The zero-order chi connectivity index (χ0) is 10.1. The molecule has 0 saturated heterocycles. The van der Waals surface area contributed by atoms with E-state index in [0.717, 1.165) is 11.0 Å². The summed E-state index contributed by atoms with van der Waals surface area (Å²) >= 11 is 7.16. The smallest absolute Gasteiger partial charge is 0.213 e. The van der Waals surface area contributed by atoms with E-state index < -0.39 is 0 Å². The Morgan fingerprint density at radius 1 is 1.50 bits per heavy atom. The normalized spacial score (nSPS) is 11.1. The van der Waals surface area contributed by atoms with Gasteiger partial charge in [0.2, 0.25) is 5.13 Å². The maximum Gasteiger partial charge on any atom is 0.213 e. The van der Waals surface area contributed by atoms with Crippen molar-refractivity contribution in [3.05, 3.63) is 22.7 Å². The number of rotatable bonds is 2. The summed E-state index contributed by atoms with van der Waals surface area (Å²) in [5, 5.41) is 7.30. The number of hydrogen-bond donors (Lipinski definition) is 0. The molecule has 2 heterocycles. The Bertz CT molecular complexity index is 434. The first-order chi connectivity index (χ1) is 6.66. The van der Waals surface area contributed by atoms with Gasteiger partial charge in [-0.25, -0.2) is 9.97 Å². The molecular weight excluding hydrogens is 220 g/mol. The highest BCUT2D eigenvalue weighted by molar-refractivity contribution is 7.12.